The summed E-state index contributed by atoms with van der Waals surface area (Å²) in [4.78, 5) is 11.6. The molecule has 0 aliphatic carbocycles. The molecule has 124 valence electrons. The van der Waals surface area contributed by atoms with Crippen LogP contribution in [0, 0.1) is 0 Å². The van der Waals surface area contributed by atoms with Crippen LogP contribution in [-0.4, -0.2) is 38.2 Å². The fraction of sp³-hybridized carbons (Fsp3) is 0.611. The number of benzene rings is 1. The number of carbonyl (C=O) groups is 1. The lowest BCUT2D eigenvalue weighted by Gasteiger charge is -2.19. The molecule has 0 heterocycles. The van der Waals surface area contributed by atoms with E-state index in [1.165, 1.54) is 5.56 Å². The van der Waals surface area contributed by atoms with Crippen molar-refractivity contribution in [1.29, 1.82) is 0 Å². The van der Waals surface area contributed by atoms with Crippen molar-refractivity contribution in [2.75, 3.05) is 26.6 Å². The van der Waals surface area contributed by atoms with Crippen LogP contribution in [0.4, 0.5) is 0 Å². The fourth-order valence-corrected chi connectivity index (χ4v) is 3.34. The minimum atomic E-state index is -0.799. The molecule has 4 heteroatoms. The molecule has 0 saturated heterocycles. The van der Waals surface area contributed by atoms with Crippen LogP contribution in [0.3, 0.4) is 0 Å². The molecule has 0 aliphatic rings. The van der Waals surface area contributed by atoms with Gasteiger partial charge in [0.05, 0.1) is 12.8 Å². The summed E-state index contributed by atoms with van der Waals surface area (Å²) in [7, 11) is -0.799. The van der Waals surface area contributed by atoms with Gasteiger partial charge in [-0.3, -0.25) is 4.79 Å². The van der Waals surface area contributed by atoms with E-state index in [0.29, 0.717) is 19.4 Å². The molecule has 0 saturated carbocycles. The first-order valence-corrected chi connectivity index (χ1v) is 11.1. The molecule has 0 amide bonds. The minimum absolute atomic E-state index is 0.166. The molecule has 0 fully saturated rings. The van der Waals surface area contributed by atoms with E-state index in [2.05, 4.69) is 32.1 Å². The Hall–Kier alpha value is -1.08. The van der Waals surface area contributed by atoms with Crippen molar-refractivity contribution < 1.29 is 14.3 Å². The summed E-state index contributed by atoms with van der Waals surface area (Å²) < 4.78 is 10.9. The number of ether oxygens (including phenoxy) is 2. The average molecular weight is 325 g/mol. The number of hydrogen-bond acceptors (Lipinski definition) is 3. The van der Waals surface area contributed by atoms with Gasteiger partial charge in [0.1, 0.15) is 11.4 Å². The second-order valence-electron chi connectivity index (χ2n) is 7.63. The highest BCUT2D eigenvalue weighted by molar-refractivity contribution is 7.72. The second kappa shape index (κ2) is 7.97. The Morgan fingerprint density at radius 3 is 2.18 bits per heavy atom. The van der Waals surface area contributed by atoms with E-state index in [1.54, 1.807) is 0 Å². The van der Waals surface area contributed by atoms with Gasteiger partial charge in [0, 0.05) is 33.7 Å². The molecule has 22 heavy (non-hydrogen) atoms. The third kappa shape index (κ3) is 9.04. The smallest absolute Gasteiger partial charge is 0.306 e. The van der Waals surface area contributed by atoms with Gasteiger partial charge in [-0.15, -0.1) is 0 Å². The van der Waals surface area contributed by atoms with Gasteiger partial charge in [0.25, 0.3) is 0 Å². The zero-order chi connectivity index (χ0) is 16.8. The van der Waals surface area contributed by atoms with Gasteiger partial charge in [-0.2, -0.15) is 0 Å². The monoisotopic (exact) mass is 325 g/mol. The van der Waals surface area contributed by atoms with E-state index in [0.717, 1.165) is 11.9 Å². The van der Waals surface area contributed by atoms with E-state index < -0.39 is 12.9 Å². The quantitative estimate of drug-likeness (QED) is 0.418. The predicted octanol–water partition coefficient (Wildman–Crippen LogP) is 4.59. The van der Waals surface area contributed by atoms with Gasteiger partial charge < -0.3 is 9.47 Å². The second-order valence-corrected chi connectivity index (χ2v) is 12.5. The number of carbonyl (C=O) groups excluding carboxylic acids is 1. The molecule has 0 N–H and O–H groups in total. The summed E-state index contributed by atoms with van der Waals surface area (Å²) in [6.07, 6.45) is 2.22. The molecule has 0 aromatic heterocycles. The first-order valence-electron chi connectivity index (χ1n) is 7.79. The number of esters is 1. The van der Waals surface area contributed by atoms with Crippen LogP contribution >= 0.6 is 7.26 Å². The maximum atomic E-state index is 11.6. The van der Waals surface area contributed by atoms with Crippen molar-refractivity contribution in [2.24, 2.45) is 0 Å². The maximum Gasteiger partial charge on any atom is 0.306 e. The molecule has 1 aromatic rings. The molecule has 0 spiro atoms. The summed E-state index contributed by atoms with van der Waals surface area (Å²) >= 11 is 0. The molecule has 3 nitrogen and oxygen atoms in total. The van der Waals surface area contributed by atoms with Crippen molar-refractivity contribution in [3.05, 3.63) is 29.8 Å². The van der Waals surface area contributed by atoms with Crippen LogP contribution in [0.15, 0.2) is 24.3 Å². The average Bonchev–Trinajstić information content (AvgIpc) is 2.32. The van der Waals surface area contributed by atoms with Crippen LogP contribution in [-0.2, 0) is 15.7 Å². The highest BCUT2D eigenvalue weighted by Crippen LogP contribution is 2.50. The van der Waals surface area contributed by atoms with Crippen LogP contribution in [0.2, 0.25) is 0 Å². The summed E-state index contributed by atoms with van der Waals surface area (Å²) in [6.45, 7) is 13.2. The standard InChI is InChI=1S/C18H30O3P/c1-18(2,3)21-17(19)8-7-13-20-16-11-9-15(10-12-16)14-22(4,5)6/h9-12H,7-8,13-14H2,1-6H3/q+1. The highest BCUT2D eigenvalue weighted by Gasteiger charge is 2.17. The molecule has 0 bridgehead atoms. The maximum absolute atomic E-state index is 11.6. The first-order chi connectivity index (χ1) is 10.1. The molecule has 0 aliphatic heterocycles. The van der Waals surface area contributed by atoms with Gasteiger partial charge >= 0.3 is 5.97 Å². The predicted molar refractivity (Wildman–Crippen MR) is 95.4 cm³/mol. The van der Waals surface area contributed by atoms with Crippen LogP contribution < -0.4 is 4.74 Å². The highest BCUT2D eigenvalue weighted by atomic mass is 31.2. The van der Waals surface area contributed by atoms with Gasteiger partial charge in [-0.1, -0.05) is 12.1 Å². The summed E-state index contributed by atoms with van der Waals surface area (Å²) in [5, 5.41) is 0. The molecule has 1 rings (SSSR count). The van der Waals surface area contributed by atoms with Gasteiger partial charge in [-0.05, 0) is 44.9 Å². The molecule has 0 radical (unpaired) electrons. The van der Waals surface area contributed by atoms with Crippen LogP contribution in [0.25, 0.3) is 0 Å². The third-order valence-electron chi connectivity index (χ3n) is 2.79. The molecule has 0 unspecified atom stereocenters. The van der Waals surface area contributed by atoms with Crippen molar-refractivity contribution in [3.8, 4) is 5.75 Å². The lowest BCUT2D eigenvalue weighted by atomic mass is 10.2. The summed E-state index contributed by atoms with van der Waals surface area (Å²) in [6, 6.07) is 8.29. The summed E-state index contributed by atoms with van der Waals surface area (Å²) in [5.41, 5.74) is 0.950. The normalized spacial score (nSPS) is 12.1. The fourth-order valence-electron chi connectivity index (χ4n) is 2.04. The van der Waals surface area contributed by atoms with E-state index in [-0.39, 0.29) is 5.97 Å². The third-order valence-corrected chi connectivity index (χ3v) is 4.11. The van der Waals surface area contributed by atoms with Crippen molar-refractivity contribution in [1.82, 2.24) is 0 Å². The number of hydrogen-bond donors (Lipinski definition) is 0. The van der Waals surface area contributed by atoms with E-state index in [4.69, 9.17) is 9.47 Å². The largest absolute Gasteiger partial charge is 0.494 e. The van der Waals surface area contributed by atoms with Crippen molar-refractivity contribution in [3.63, 3.8) is 0 Å². The molecular formula is C18H30O3P+. The topological polar surface area (TPSA) is 35.5 Å². The lowest BCUT2D eigenvalue weighted by molar-refractivity contribution is -0.155. The lowest BCUT2D eigenvalue weighted by Crippen LogP contribution is -2.23. The summed E-state index contributed by atoms with van der Waals surface area (Å²) in [5.74, 6) is 0.695. The molecule has 0 atom stereocenters. The van der Waals surface area contributed by atoms with Gasteiger partial charge in [-0.25, -0.2) is 0 Å². The Morgan fingerprint density at radius 1 is 1.09 bits per heavy atom. The van der Waals surface area contributed by atoms with Crippen molar-refractivity contribution >= 4 is 13.2 Å². The van der Waals surface area contributed by atoms with Crippen molar-refractivity contribution in [2.45, 2.75) is 45.4 Å². The Bertz CT molecular complexity index is 467. The molecule has 1 aromatic carbocycles. The Morgan fingerprint density at radius 2 is 1.68 bits per heavy atom. The Kier molecular flexibility index (Phi) is 6.87. The Balaban J connectivity index is 2.30. The van der Waals surface area contributed by atoms with Crippen LogP contribution in [0.5, 0.6) is 5.75 Å². The van der Waals surface area contributed by atoms with Crippen LogP contribution in [0.1, 0.15) is 39.2 Å². The zero-order valence-corrected chi connectivity index (χ0v) is 15.7. The van der Waals surface area contributed by atoms with E-state index in [1.807, 2.05) is 32.9 Å². The number of rotatable bonds is 7. The Labute approximate surface area is 135 Å². The van der Waals surface area contributed by atoms with Gasteiger partial charge in [0.2, 0.25) is 0 Å². The zero-order valence-electron chi connectivity index (χ0n) is 14.8. The SMILES string of the molecule is CC(C)(C)OC(=O)CCCOc1ccc(C[P+](C)(C)C)cc1. The van der Waals surface area contributed by atoms with E-state index in [9.17, 15) is 4.79 Å². The first kappa shape index (κ1) is 19.0. The minimum Gasteiger partial charge on any atom is -0.494 e. The molecular weight excluding hydrogens is 295 g/mol. The van der Waals surface area contributed by atoms with E-state index >= 15 is 0 Å². The van der Waals surface area contributed by atoms with Gasteiger partial charge in [0.15, 0.2) is 0 Å².